The van der Waals surface area contributed by atoms with E-state index in [1.807, 2.05) is 24.3 Å². The van der Waals surface area contributed by atoms with Crippen LogP contribution in [-0.2, 0) is 4.79 Å². The summed E-state index contributed by atoms with van der Waals surface area (Å²) in [7, 11) is 0. The molecule has 3 rings (SSSR count). The summed E-state index contributed by atoms with van der Waals surface area (Å²) in [5, 5.41) is 5.59. The minimum atomic E-state index is -0.260. The van der Waals surface area contributed by atoms with E-state index in [-0.39, 0.29) is 17.9 Å². The van der Waals surface area contributed by atoms with Crippen molar-refractivity contribution in [3.8, 4) is 0 Å². The topological polar surface area (TPSA) is 84.0 Å². The number of hydrogen-bond donors (Lipinski definition) is 2. The highest BCUT2D eigenvalue weighted by Gasteiger charge is 2.20. The zero-order chi connectivity index (χ0) is 13.9. The van der Waals surface area contributed by atoms with Gasteiger partial charge in [0.05, 0.1) is 17.2 Å². The summed E-state index contributed by atoms with van der Waals surface area (Å²) in [5.41, 5.74) is 1.74. The molecule has 6 nitrogen and oxygen atoms in total. The van der Waals surface area contributed by atoms with E-state index < -0.39 is 0 Å². The van der Waals surface area contributed by atoms with E-state index in [2.05, 4.69) is 20.6 Å². The van der Waals surface area contributed by atoms with E-state index in [4.69, 9.17) is 0 Å². The van der Waals surface area contributed by atoms with E-state index >= 15 is 0 Å². The summed E-state index contributed by atoms with van der Waals surface area (Å²) in [6.45, 7) is 0.464. The van der Waals surface area contributed by atoms with Crippen LogP contribution >= 0.6 is 0 Å². The van der Waals surface area contributed by atoms with Crippen molar-refractivity contribution in [2.24, 2.45) is 0 Å². The molecule has 0 spiro atoms. The molecule has 1 unspecified atom stereocenters. The molecular formula is C14H14N4O2. The smallest absolute Gasteiger partial charge is 0.271 e. The number of aromatic nitrogens is 2. The predicted molar refractivity (Wildman–Crippen MR) is 73.0 cm³/mol. The maximum Gasteiger partial charge on any atom is 0.271 e. The van der Waals surface area contributed by atoms with Crippen LogP contribution in [0.4, 0.5) is 0 Å². The lowest BCUT2D eigenvalue weighted by atomic mass is 10.1. The average Bonchev–Trinajstić information content (AvgIpc) is 2.49. The lowest BCUT2D eigenvalue weighted by molar-refractivity contribution is -0.122. The summed E-state index contributed by atoms with van der Waals surface area (Å²) in [5.74, 6) is -0.231. The van der Waals surface area contributed by atoms with Gasteiger partial charge in [-0.25, -0.2) is 4.98 Å². The molecule has 1 atom stereocenters. The molecule has 2 amide bonds. The van der Waals surface area contributed by atoms with Crippen molar-refractivity contribution in [1.29, 1.82) is 0 Å². The molecule has 0 radical (unpaired) electrons. The number of fused-ring (bicyclic) bond motifs is 1. The zero-order valence-electron chi connectivity index (χ0n) is 10.8. The van der Waals surface area contributed by atoms with Gasteiger partial charge in [0, 0.05) is 19.0 Å². The van der Waals surface area contributed by atoms with E-state index in [0.29, 0.717) is 30.6 Å². The summed E-state index contributed by atoms with van der Waals surface area (Å²) >= 11 is 0. The van der Waals surface area contributed by atoms with Gasteiger partial charge in [-0.05, 0) is 18.6 Å². The van der Waals surface area contributed by atoms with E-state index in [9.17, 15) is 9.59 Å². The lowest BCUT2D eigenvalue weighted by Gasteiger charge is -2.23. The Balaban J connectivity index is 1.73. The summed E-state index contributed by atoms with van der Waals surface area (Å²) < 4.78 is 0. The molecule has 2 aromatic rings. The monoisotopic (exact) mass is 270 g/mol. The number of hydrogen-bond acceptors (Lipinski definition) is 4. The highest BCUT2D eigenvalue weighted by molar-refractivity contribution is 5.94. The fourth-order valence-electron chi connectivity index (χ4n) is 2.18. The van der Waals surface area contributed by atoms with E-state index in [0.717, 1.165) is 5.52 Å². The van der Waals surface area contributed by atoms with Gasteiger partial charge in [-0.15, -0.1) is 0 Å². The number of nitrogens with zero attached hydrogens (tertiary/aromatic N) is 2. The third-order valence-electron chi connectivity index (χ3n) is 3.28. The van der Waals surface area contributed by atoms with E-state index in [1.54, 1.807) is 0 Å². The number of benzene rings is 1. The second kappa shape index (κ2) is 5.24. The largest absolute Gasteiger partial charge is 0.354 e. The molecule has 20 heavy (non-hydrogen) atoms. The van der Waals surface area contributed by atoms with Crippen molar-refractivity contribution in [2.45, 2.75) is 18.9 Å². The Morgan fingerprint density at radius 2 is 2.10 bits per heavy atom. The van der Waals surface area contributed by atoms with Crippen LogP contribution in [-0.4, -0.2) is 34.4 Å². The lowest BCUT2D eigenvalue weighted by Crippen LogP contribution is -2.47. The van der Waals surface area contributed by atoms with Gasteiger partial charge in [0.15, 0.2) is 0 Å². The number of piperidine rings is 1. The minimum absolute atomic E-state index is 0.0287. The van der Waals surface area contributed by atoms with Crippen LogP contribution in [0.2, 0.25) is 0 Å². The molecule has 0 saturated carbocycles. The van der Waals surface area contributed by atoms with Crippen LogP contribution in [0.25, 0.3) is 11.0 Å². The first-order chi connectivity index (χ1) is 9.72. The van der Waals surface area contributed by atoms with Crippen molar-refractivity contribution in [1.82, 2.24) is 20.6 Å². The van der Waals surface area contributed by atoms with Gasteiger partial charge < -0.3 is 10.6 Å². The van der Waals surface area contributed by atoms with Gasteiger partial charge in [0.25, 0.3) is 5.91 Å². The minimum Gasteiger partial charge on any atom is -0.354 e. The first-order valence-corrected chi connectivity index (χ1v) is 6.52. The van der Waals surface area contributed by atoms with Gasteiger partial charge in [-0.1, -0.05) is 12.1 Å². The Labute approximate surface area is 115 Å². The van der Waals surface area contributed by atoms with Crippen molar-refractivity contribution in [3.05, 3.63) is 36.2 Å². The van der Waals surface area contributed by atoms with Gasteiger partial charge in [-0.3, -0.25) is 14.6 Å². The highest BCUT2D eigenvalue weighted by Crippen LogP contribution is 2.09. The number of nitrogens with one attached hydrogen (secondary N) is 2. The third-order valence-corrected chi connectivity index (χ3v) is 3.28. The predicted octanol–water partition coefficient (Wildman–Crippen LogP) is 0.638. The molecule has 0 bridgehead atoms. The van der Waals surface area contributed by atoms with Crippen LogP contribution in [0.3, 0.4) is 0 Å². The fraction of sp³-hybridized carbons (Fsp3) is 0.286. The Morgan fingerprint density at radius 1 is 1.30 bits per heavy atom. The summed E-state index contributed by atoms with van der Waals surface area (Å²) in [6, 6.07) is 7.35. The van der Waals surface area contributed by atoms with Crippen LogP contribution in [0.1, 0.15) is 23.3 Å². The molecule has 102 valence electrons. The highest BCUT2D eigenvalue weighted by atomic mass is 16.2. The average molecular weight is 270 g/mol. The maximum absolute atomic E-state index is 12.1. The Hall–Kier alpha value is -2.50. The van der Waals surface area contributed by atoms with Gasteiger partial charge in [-0.2, -0.15) is 0 Å². The maximum atomic E-state index is 12.1. The second-order valence-corrected chi connectivity index (χ2v) is 4.76. The third kappa shape index (κ3) is 2.59. The van der Waals surface area contributed by atoms with Crippen molar-refractivity contribution in [2.75, 3.05) is 6.54 Å². The summed E-state index contributed by atoms with van der Waals surface area (Å²) in [4.78, 5) is 31.7. The Morgan fingerprint density at radius 3 is 2.85 bits per heavy atom. The van der Waals surface area contributed by atoms with Gasteiger partial charge in [0.2, 0.25) is 5.91 Å². The molecule has 1 saturated heterocycles. The van der Waals surface area contributed by atoms with Crippen LogP contribution < -0.4 is 10.6 Å². The Kier molecular flexibility index (Phi) is 3.28. The molecule has 1 aliphatic heterocycles. The molecular weight excluding hydrogens is 256 g/mol. The van der Waals surface area contributed by atoms with E-state index in [1.165, 1.54) is 6.20 Å². The number of amides is 2. The van der Waals surface area contributed by atoms with Crippen molar-refractivity contribution in [3.63, 3.8) is 0 Å². The zero-order valence-corrected chi connectivity index (χ0v) is 10.8. The first kappa shape index (κ1) is 12.5. The fourth-order valence-corrected chi connectivity index (χ4v) is 2.18. The SMILES string of the molecule is O=C1CCC(NC(=O)c2cnc3ccccc3n2)CN1. The van der Waals surface area contributed by atoms with Crippen LogP contribution in [0.5, 0.6) is 0 Å². The van der Waals surface area contributed by atoms with Crippen LogP contribution in [0, 0.1) is 0 Å². The number of carbonyl (C=O) groups excluding carboxylic acids is 2. The molecule has 2 N–H and O–H groups in total. The molecule has 0 aliphatic carbocycles. The number of carbonyl (C=O) groups is 2. The molecule has 6 heteroatoms. The first-order valence-electron chi connectivity index (χ1n) is 6.52. The second-order valence-electron chi connectivity index (χ2n) is 4.76. The number of rotatable bonds is 2. The number of para-hydroxylation sites is 2. The standard InChI is InChI=1S/C14H14N4O2/c19-13-6-5-9(7-16-13)17-14(20)12-8-15-10-3-1-2-4-11(10)18-12/h1-4,8-9H,5-7H2,(H,16,19)(H,17,20). The molecule has 1 aliphatic rings. The molecule has 1 aromatic carbocycles. The molecule has 1 fully saturated rings. The quantitative estimate of drug-likeness (QED) is 0.838. The Bertz CT molecular complexity index is 661. The van der Waals surface area contributed by atoms with Gasteiger partial charge in [0.1, 0.15) is 5.69 Å². The molecule has 1 aromatic heterocycles. The summed E-state index contributed by atoms with van der Waals surface area (Å²) in [6.07, 6.45) is 2.56. The normalized spacial score (nSPS) is 18.6. The molecule has 2 heterocycles. The van der Waals surface area contributed by atoms with Crippen molar-refractivity contribution >= 4 is 22.8 Å². The van der Waals surface area contributed by atoms with Gasteiger partial charge >= 0.3 is 0 Å². The van der Waals surface area contributed by atoms with Crippen molar-refractivity contribution < 1.29 is 9.59 Å². The van der Waals surface area contributed by atoms with Crippen LogP contribution in [0.15, 0.2) is 30.5 Å².